The highest BCUT2D eigenvalue weighted by Gasteiger charge is 2.27. The van der Waals surface area contributed by atoms with Crippen molar-refractivity contribution < 1.29 is 9.53 Å². The third-order valence-corrected chi connectivity index (χ3v) is 4.75. The van der Waals surface area contributed by atoms with Crippen LogP contribution in [0.5, 0.6) is 0 Å². The number of anilines is 1. The zero-order valence-electron chi connectivity index (χ0n) is 13.8. The molecule has 0 aromatic carbocycles. The van der Waals surface area contributed by atoms with Gasteiger partial charge in [0.05, 0.1) is 6.10 Å². The average molecular weight is 318 g/mol. The molecule has 3 heterocycles. The van der Waals surface area contributed by atoms with E-state index in [1.54, 1.807) is 12.3 Å². The highest BCUT2D eigenvalue weighted by molar-refractivity contribution is 5.92. The molecule has 0 saturated carbocycles. The summed E-state index contributed by atoms with van der Waals surface area (Å²) in [6.45, 7) is 4.50. The van der Waals surface area contributed by atoms with Gasteiger partial charge in [-0.2, -0.15) is 0 Å². The first-order chi connectivity index (χ1) is 11.3. The van der Waals surface area contributed by atoms with E-state index in [-0.39, 0.29) is 12.0 Å². The van der Waals surface area contributed by atoms with E-state index in [1.807, 2.05) is 4.90 Å². The maximum Gasteiger partial charge on any atom is 0.272 e. The number of likely N-dealkylation sites (tertiary alicyclic amines) is 1. The van der Waals surface area contributed by atoms with Gasteiger partial charge in [0.25, 0.3) is 5.91 Å². The lowest BCUT2D eigenvalue weighted by molar-refractivity contribution is 0.0602. The molecular formula is C17H26N4O2. The number of amides is 1. The predicted molar refractivity (Wildman–Crippen MR) is 88.5 cm³/mol. The molecule has 23 heavy (non-hydrogen) atoms. The second-order valence-corrected chi connectivity index (χ2v) is 6.34. The number of hydrogen-bond acceptors (Lipinski definition) is 5. The second kappa shape index (κ2) is 7.73. The zero-order valence-corrected chi connectivity index (χ0v) is 13.8. The molecule has 2 aliphatic heterocycles. The highest BCUT2D eigenvalue weighted by atomic mass is 16.5. The van der Waals surface area contributed by atoms with E-state index in [0.717, 1.165) is 45.3 Å². The SMILES string of the molecule is CCC1CCCCN1C(=O)c1ccnc(NCC2CCCO2)n1. The summed E-state index contributed by atoms with van der Waals surface area (Å²) in [6, 6.07) is 2.05. The molecule has 0 aliphatic carbocycles. The smallest absolute Gasteiger partial charge is 0.272 e. The zero-order chi connectivity index (χ0) is 16.1. The van der Waals surface area contributed by atoms with Crippen LogP contribution in [0.25, 0.3) is 0 Å². The molecule has 2 saturated heterocycles. The molecule has 0 bridgehead atoms. The van der Waals surface area contributed by atoms with Crippen LogP contribution >= 0.6 is 0 Å². The van der Waals surface area contributed by atoms with Crippen LogP contribution in [-0.2, 0) is 4.74 Å². The van der Waals surface area contributed by atoms with Crippen LogP contribution < -0.4 is 5.32 Å². The van der Waals surface area contributed by atoms with Gasteiger partial charge in [0.2, 0.25) is 5.95 Å². The topological polar surface area (TPSA) is 67.4 Å². The van der Waals surface area contributed by atoms with Crippen LogP contribution in [0.2, 0.25) is 0 Å². The monoisotopic (exact) mass is 318 g/mol. The number of carbonyl (C=O) groups is 1. The van der Waals surface area contributed by atoms with Crippen LogP contribution in [0.3, 0.4) is 0 Å². The molecule has 1 aromatic heterocycles. The minimum absolute atomic E-state index is 0.0270. The van der Waals surface area contributed by atoms with E-state index in [4.69, 9.17) is 4.74 Å². The molecule has 1 N–H and O–H groups in total. The Kier molecular flexibility index (Phi) is 5.43. The lowest BCUT2D eigenvalue weighted by atomic mass is 9.99. The van der Waals surface area contributed by atoms with Crippen molar-refractivity contribution in [3.05, 3.63) is 18.0 Å². The van der Waals surface area contributed by atoms with E-state index in [0.29, 0.717) is 24.2 Å². The van der Waals surface area contributed by atoms with Gasteiger partial charge < -0.3 is 15.0 Å². The molecule has 2 atom stereocenters. The summed E-state index contributed by atoms with van der Waals surface area (Å²) in [5.74, 6) is 0.538. The summed E-state index contributed by atoms with van der Waals surface area (Å²) in [5.41, 5.74) is 0.482. The lowest BCUT2D eigenvalue weighted by Crippen LogP contribution is -2.43. The van der Waals surface area contributed by atoms with Crippen molar-refractivity contribution in [3.63, 3.8) is 0 Å². The number of ether oxygens (including phenoxy) is 1. The van der Waals surface area contributed by atoms with Gasteiger partial charge in [-0.25, -0.2) is 9.97 Å². The third-order valence-electron chi connectivity index (χ3n) is 4.75. The summed E-state index contributed by atoms with van der Waals surface area (Å²) in [6.07, 6.45) is 8.44. The normalized spacial score (nSPS) is 24.7. The Hall–Kier alpha value is -1.69. The van der Waals surface area contributed by atoms with Crippen LogP contribution in [0.4, 0.5) is 5.95 Å². The van der Waals surface area contributed by atoms with Crippen LogP contribution in [0.1, 0.15) is 55.9 Å². The fourth-order valence-corrected chi connectivity index (χ4v) is 3.41. The number of aromatic nitrogens is 2. The van der Waals surface area contributed by atoms with Gasteiger partial charge >= 0.3 is 0 Å². The molecule has 6 nitrogen and oxygen atoms in total. The Morgan fingerprint density at radius 3 is 3.09 bits per heavy atom. The summed E-state index contributed by atoms with van der Waals surface area (Å²) < 4.78 is 5.58. The Balaban J connectivity index is 1.64. The van der Waals surface area contributed by atoms with E-state index < -0.39 is 0 Å². The van der Waals surface area contributed by atoms with E-state index in [2.05, 4.69) is 22.2 Å². The second-order valence-electron chi connectivity index (χ2n) is 6.34. The molecule has 3 rings (SSSR count). The van der Waals surface area contributed by atoms with Gasteiger partial charge in [-0.05, 0) is 44.6 Å². The van der Waals surface area contributed by atoms with Gasteiger partial charge in [0.15, 0.2) is 0 Å². The van der Waals surface area contributed by atoms with Crippen LogP contribution in [0, 0.1) is 0 Å². The van der Waals surface area contributed by atoms with Gasteiger partial charge in [-0.1, -0.05) is 6.92 Å². The molecule has 126 valence electrons. The Bertz CT molecular complexity index is 531. The molecule has 1 aromatic rings. The number of nitrogens with one attached hydrogen (secondary N) is 1. The lowest BCUT2D eigenvalue weighted by Gasteiger charge is -2.35. The fourth-order valence-electron chi connectivity index (χ4n) is 3.41. The van der Waals surface area contributed by atoms with E-state index in [9.17, 15) is 4.79 Å². The molecule has 0 radical (unpaired) electrons. The van der Waals surface area contributed by atoms with Crippen molar-refractivity contribution >= 4 is 11.9 Å². The van der Waals surface area contributed by atoms with Crippen molar-refractivity contribution in [3.8, 4) is 0 Å². The highest BCUT2D eigenvalue weighted by Crippen LogP contribution is 2.21. The summed E-state index contributed by atoms with van der Waals surface area (Å²) >= 11 is 0. The molecule has 2 fully saturated rings. The standard InChI is InChI=1S/C17H26N4O2/c1-2-13-6-3-4-10-21(13)16(22)15-8-9-18-17(20-15)19-12-14-7-5-11-23-14/h8-9,13-14H,2-7,10-12H2,1H3,(H,18,19,20). The maximum absolute atomic E-state index is 12.8. The minimum Gasteiger partial charge on any atom is -0.376 e. The van der Waals surface area contributed by atoms with E-state index in [1.165, 1.54) is 6.42 Å². The van der Waals surface area contributed by atoms with Gasteiger partial charge in [-0.15, -0.1) is 0 Å². The first-order valence-electron chi connectivity index (χ1n) is 8.77. The summed E-state index contributed by atoms with van der Waals surface area (Å²) in [7, 11) is 0. The largest absolute Gasteiger partial charge is 0.376 e. The number of carbonyl (C=O) groups excluding carboxylic acids is 1. The summed E-state index contributed by atoms with van der Waals surface area (Å²) in [4.78, 5) is 23.4. The van der Waals surface area contributed by atoms with Crippen molar-refractivity contribution in [2.45, 2.75) is 57.6 Å². The molecule has 0 spiro atoms. The predicted octanol–water partition coefficient (Wildman–Crippen LogP) is 2.47. The molecule has 1 amide bonds. The molecular weight excluding hydrogens is 292 g/mol. The number of piperidine rings is 1. The Labute approximate surface area is 137 Å². The number of nitrogens with zero attached hydrogens (tertiary/aromatic N) is 3. The number of hydrogen-bond donors (Lipinski definition) is 1. The average Bonchev–Trinajstić information content (AvgIpc) is 3.13. The Morgan fingerprint density at radius 1 is 1.39 bits per heavy atom. The first kappa shape index (κ1) is 16.2. The van der Waals surface area contributed by atoms with E-state index >= 15 is 0 Å². The van der Waals surface area contributed by atoms with Crippen LogP contribution in [-0.4, -0.2) is 52.6 Å². The molecule has 2 unspecified atom stereocenters. The summed E-state index contributed by atoms with van der Waals surface area (Å²) in [5, 5.41) is 3.19. The van der Waals surface area contributed by atoms with Crippen molar-refractivity contribution in [1.82, 2.24) is 14.9 Å². The van der Waals surface area contributed by atoms with Gasteiger partial charge in [0, 0.05) is 31.9 Å². The quantitative estimate of drug-likeness (QED) is 0.903. The minimum atomic E-state index is 0.0270. The molecule has 6 heteroatoms. The van der Waals surface area contributed by atoms with Crippen molar-refractivity contribution in [2.75, 3.05) is 25.0 Å². The maximum atomic E-state index is 12.8. The third kappa shape index (κ3) is 3.99. The van der Waals surface area contributed by atoms with Crippen LogP contribution in [0.15, 0.2) is 12.3 Å². The van der Waals surface area contributed by atoms with Crippen molar-refractivity contribution in [2.24, 2.45) is 0 Å². The fraction of sp³-hybridized carbons (Fsp3) is 0.706. The number of rotatable bonds is 5. The first-order valence-corrected chi connectivity index (χ1v) is 8.77. The van der Waals surface area contributed by atoms with Crippen molar-refractivity contribution in [1.29, 1.82) is 0 Å². The Morgan fingerprint density at radius 2 is 2.30 bits per heavy atom. The van der Waals surface area contributed by atoms with Gasteiger partial charge in [0.1, 0.15) is 5.69 Å². The molecule has 2 aliphatic rings. The van der Waals surface area contributed by atoms with Gasteiger partial charge in [-0.3, -0.25) is 4.79 Å².